The monoisotopic (exact) mass is 434 g/mol. The van der Waals surface area contributed by atoms with Gasteiger partial charge in [0.05, 0.1) is 37.1 Å². The lowest BCUT2D eigenvalue weighted by Gasteiger charge is -2.26. The zero-order valence-corrected chi connectivity index (χ0v) is 16.6. The van der Waals surface area contributed by atoms with Crippen LogP contribution in [0.15, 0.2) is 30.6 Å². The zero-order valence-electron chi connectivity index (χ0n) is 16.6. The van der Waals surface area contributed by atoms with Crippen LogP contribution in [0.2, 0.25) is 0 Å². The van der Waals surface area contributed by atoms with Gasteiger partial charge in [-0.2, -0.15) is 0 Å². The first-order valence-corrected chi connectivity index (χ1v) is 9.94. The lowest BCUT2D eigenvalue weighted by molar-refractivity contribution is 0.116. The van der Waals surface area contributed by atoms with E-state index in [0.717, 1.165) is 0 Å². The molecule has 2 fully saturated rings. The van der Waals surface area contributed by atoms with Crippen LogP contribution in [0.5, 0.6) is 0 Å². The molecule has 1 aromatic carbocycles. The van der Waals surface area contributed by atoms with Crippen molar-refractivity contribution in [3.05, 3.63) is 42.0 Å². The van der Waals surface area contributed by atoms with Gasteiger partial charge in [0.15, 0.2) is 0 Å². The fraction of sp³-hybridized carbons (Fsp3) is 0.474. The van der Waals surface area contributed by atoms with Gasteiger partial charge in [-0.25, -0.2) is 18.7 Å². The highest BCUT2D eigenvalue weighted by Crippen LogP contribution is 2.36. The van der Waals surface area contributed by atoms with E-state index in [1.54, 1.807) is 23.0 Å². The van der Waals surface area contributed by atoms with Gasteiger partial charge in [-0.15, -0.1) is 5.10 Å². The number of ether oxygens (including phenoxy) is 2. The van der Waals surface area contributed by atoms with E-state index in [4.69, 9.17) is 14.6 Å². The quantitative estimate of drug-likeness (QED) is 0.576. The number of amides is 2. The van der Waals surface area contributed by atoms with E-state index in [1.165, 1.54) is 12.3 Å². The van der Waals surface area contributed by atoms with Crippen LogP contribution in [0.1, 0.15) is 18.0 Å². The molecule has 12 heteroatoms. The molecule has 0 aliphatic carbocycles. The second-order valence-corrected chi connectivity index (χ2v) is 7.30. The second kappa shape index (κ2) is 9.16. The van der Waals surface area contributed by atoms with Gasteiger partial charge in [0.2, 0.25) is 0 Å². The molecule has 0 spiro atoms. The number of carbonyl (C=O) groups is 2. The average molecular weight is 434 g/mol. The number of cyclic esters (lactones) is 1. The minimum Gasteiger partial charge on any atom is -0.447 e. The molecular formula is C19H23FN6O5. The van der Waals surface area contributed by atoms with Gasteiger partial charge in [0, 0.05) is 24.8 Å². The van der Waals surface area contributed by atoms with Crippen LogP contribution in [0.4, 0.5) is 19.7 Å². The highest BCUT2D eigenvalue weighted by Gasteiger charge is 2.39. The Bertz CT molecular complexity index is 927. The SMILES string of the molecule is O=C(N[C@@H]1CCN(c2c(F)cccc2C2NC(=O)OC2Cn2ccnn2)C1)OCCO. The number of hydrogen-bond donors (Lipinski definition) is 3. The topological polar surface area (TPSA) is 131 Å². The van der Waals surface area contributed by atoms with Crippen molar-refractivity contribution in [2.45, 2.75) is 31.2 Å². The molecule has 4 rings (SSSR count). The maximum Gasteiger partial charge on any atom is 0.408 e. The number of aromatic nitrogens is 3. The average Bonchev–Trinajstić information content (AvgIpc) is 3.49. The van der Waals surface area contributed by atoms with Crippen molar-refractivity contribution in [1.82, 2.24) is 25.6 Å². The van der Waals surface area contributed by atoms with Crippen LogP contribution < -0.4 is 15.5 Å². The Hall–Kier alpha value is -3.41. The maximum absolute atomic E-state index is 15.0. The minimum atomic E-state index is -0.626. The van der Waals surface area contributed by atoms with E-state index in [2.05, 4.69) is 20.9 Å². The Morgan fingerprint density at radius 2 is 2.32 bits per heavy atom. The van der Waals surface area contributed by atoms with Crippen molar-refractivity contribution in [2.75, 3.05) is 31.2 Å². The maximum atomic E-state index is 15.0. The van der Waals surface area contributed by atoms with Gasteiger partial charge in [0.25, 0.3) is 0 Å². The van der Waals surface area contributed by atoms with Crippen molar-refractivity contribution < 1.29 is 28.6 Å². The van der Waals surface area contributed by atoms with Crippen LogP contribution in [0.3, 0.4) is 0 Å². The molecular weight excluding hydrogens is 411 g/mol. The lowest BCUT2D eigenvalue weighted by atomic mass is 9.99. The number of hydrogen-bond acceptors (Lipinski definition) is 8. The summed E-state index contributed by atoms with van der Waals surface area (Å²) in [5.41, 5.74) is 0.939. The van der Waals surface area contributed by atoms with Gasteiger partial charge in [0.1, 0.15) is 18.5 Å². The standard InChI is InChI=1S/C19H23FN6O5/c20-14-3-1-2-13(16-15(31-19(29)23-16)11-26-7-5-21-24-26)17(14)25-6-4-12(10-25)22-18(28)30-9-8-27/h1-3,5,7,12,15-16,27H,4,6,8-11H2,(H,22,28)(H,23,29)/t12-,15?,16?/m1/s1. The summed E-state index contributed by atoms with van der Waals surface area (Å²) in [5, 5.41) is 21.9. The number of nitrogens with one attached hydrogen (secondary N) is 2. The Labute approximate surface area is 177 Å². The van der Waals surface area contributed by atoms with E-state index < -0.39 is 30.1 Å². The molecule has 2 aliphatic heterocycles. The molecule has 31 heavy (non-hydrogen) atoms. The summed E-state index contributed by atoms with van der Waals surface area (Å²) in [6.45, 7) is 0.799. The smallest absolute Gasteiger partial charge is 0.408 e. The van der Waals surface area contributed by atoms with Crippen LogP contribution >= 0.6 is 0 Å². The molecule has 0 radical (unpaired) electrons. The Kier molecular flexibility index (Phi) is 6.16. The third kappa shape index (κ3) is 4.68. The predicted octanol–water partition coefficient (Wildman–Crippen LogP) is 0.564. The first-order chi connectivity index (χ1) is 15.0. The van der Waals surface area contributed by atoms with Crippen LogP contribution in [0, 0.1) is 5.82 Å². The Morgan fingerprint density at radius 3 is 3.10 bits per heavy atom. The van der Waals surface area contributed by atoms with Gasteiger partial charge in [-0.05, 0) is 12.5 Å². The molecule has 1 aromatic heterocycles. The number of rotatable bonds is 7. The summed E-state index contributed by atoms with van der Waals surface area (Å²) in [5.74, 6) is -0.429. The molecule has 0 bridgehead atoms. The van der Waals surface area contributed by atoms with E-state index in [9.17, 15) is 14.0 Å². The van der Waals surface area contributed by atoms with E-state index in [1.807, 2.05) is 4.90 Å². The summed E-state index contributed by atoms with van der Waals surface area (Å²) in [6.07, 6.45) is 1.97. The Morgan fingerprint density at radius 1 is 1.45 bits per heavy atom. The number of anilines is 1. The number of alkyl carbamates (subject to hydrolysis) is 2. The van der Waals surface area contributed by atoms with Crippen molar-refractivity contribution in [2.24, 2.45) is 0 Å². The first-order valence-electron chi connectivity index (χ1n) is 9.94. The van der Waals surface area contributed by atoms with E-state index >= 15 is 0 Å². The van der Waals surface area contributed by atoms with E-state index in [-0.39, 0.29) is 25.8 Å². The molecule has 2 amide bonds. The summed E-state index contributed by atoms with van der Waals surface area (Å²) in [6, 6.07) is 3.88. The zero-order chi connectivity index (χ0) is 21.8. The molecule has 2 aliphatic rings. The van der Waals surface area contributed by atoms with E-state index in [0.29, 0.717) is 30.8 Å². The van der Waals surface area contributed by atoms with Crippen molar-refractivity contribution in [1.29, 1.82) is 0 Å². The van der Waals surface area contributed by atoms with Gasteiger partial charge in [-0.1, -0.05) is 17.3 Å². The third-order valence-corrected chi connectivity index (χ3v) is 5.25. The summed E-state index contributed by atoms with van der Waals surface area (Å²) in [7, 11) is 0. The minimum absolute atomic E-state index is 0.0890. The van der Waals surface area contributed by atoms with Crippen LogP contribution in [-0.2, 0) is 16.0 Å². The fourth-order valence-corrected chi connectivity index (χ4v) is 3.94. The number of nitrogens with zero attached hydrogens (tertiary/aromatic N) is 4. The van der Waals surface area contributed by atoms with Crippen molar-refractivity contribution in [3.63, 3.8) is 0 Å². The number of halogens is 1. The molecule has 11 nitrogen and oxygen atoms in total. The number of carbonyl (C=O) groups excluding carboxylic acids is 2. The number of benzene rings is 1. The predicted molar refractivity (Wildman–Crippen MR) is 105 cm³/mol. The van der Waals surface area contributed by atoms with Crippen molar-refractivity contribution in [3.8, 4) is 0 Å². The molecule has 0 saturated carbocycles. The summed E-state index contributed by atoms with van der Waals surface area (Å²) >= 11 is 0. The third-order valence-electron chi connectivity index (χ3n) is 5.25. The largest absolute Gasteiger partial charge is 0.447 e. The second-order valence-electron chi connectivity index (χ2n) is 7.30. The highest BCUT2D eigenvalue weighted by molar-refractivity contribution is 5.72. The normalized spacial score (nSPS) is 22.8. The Balaban J connectivity index is 1.52. The molecule has 3 heterocycles. The molecule has 2 unspecified atom stereocenters. The summed E-state index contributed by atoms with van der Waals surface area (Å²) in [4.78, 5) is 25.6. The van der Waals surface area contributed by atoms with Crippen molar-refractivity contribution >= 4 is 17.9 Å². The number of aliphatic hydroxyl groups is 1. The molecule has 2 saturated heterocycles. The molecule has 3 atom stereocenters. The van der Waals surface area contributed by atoms with Crippen LogP contribution in [-0.4, -0.2) is 70.7 Å². The van der Waals surface area contributed by atoms with Crippen LogP contribution in [0.25, 0.3) is 0 Å². The van der Waals surface area contributed by atoms with Gasteiger partial charge in [-0.3, -0.25) is 0 Å². The fourth-order valence-electron chi connectivity index (χ4n) is 3.94. The highest BCUT2D eigenvalue weighted by atomic mass is 19.1. The van der Waals surface area contributed by atoms with Gasteiger partial charge >= 0.3 is 12.2 Å². The molecule has 166 valence electrons. The molecule has 3 N–H and O–H groups in total. The number of para-hydroxylation sites is 1. The first kappa shape index (κ1) is 20.8. The molecule has 2 aromatic rings. The summed E-state index contributed by atoms with van der Waals surface area (Å²) < 4.78 is 26.7. The lowest BCUT2D eigenvalue weighted by Crippen LogP contribution is -2.38. The number of aliphatic hydroxyl groups excluding tert-OH is 1. The van der Waals surface area contributed by atoms with Gasteiger partial charge < -0.3 is 30.1 Å².